The molecule has 2 nitrogen and oxygen atoms in total. The van der Waals surface area contributed by atoms with Gasteiger partial charge in [-0.05, 0) is 49.9 Å². The second-order valence-corrected chi connectivity index (χ2v) is 6.29. The van der Waals surface area contributed by atoms with Gasteiger partial charge in [0.05, 0.1) is 0 Å². The van der Waals surface area contributed by atoms with E-state index in [9.17, 15) is 8.78 Å². The zero-order chi connectivity index (χ0) is 15.4. The van der Waals surface area contributed by atoms with Crippen molar-refractivity contribution in [1.29, 1.82) is 0 Å². The number of halogens is 2. The van der Waals surface area contributed by atoms with Crippen molar-refractivity contribution in [2.45, 2.75) is 45.7 Å². The molecule has 0 bridgehead atoms. The Kier molecular flexibility index (Phi) is 5.71. The molecule has 0 radical (unpaired) electrons. The van der Waals surface area contributed by atoms with E-state index in [4.69, 9.17) is 0 Å². The van der Waals surface area contributed by atoms with Crippen LogP contribution in [0.3, 0.4) is 0 Å². The van der Waals surface area contributed by atoms with Gasteiger partial charge in [-0.3, -0.25) is 0 Å². The number of nitrogens with zero attached hydrogens (tertiary/aromatic N) is 1. The van der Waals surface area contributed by atoms with E-state index < -0.39 is 11.6 Å². The first kappa shape index (κ1) is 16.4. The largest absolute Gasteiger partial charge is 0.310 e. The Morgan fingerprint density at radius 3 is 2.43 bits per heavy atom. The first-order chi connectivity index (χ1) is 9.99. The minimum Gasteiger partial charge on any atom is -0.310 e. The molecule has 1 saturated heterocycles. The SMILES string of the molecule is CCNC(CCN1CC(C)CC1C)c1cc(F)cc(F)c1. The Hall–Kier alpha value is -1.00. The summed E-state index contributed by atoms with van der Waals surface area (Å²) >= 11 is 0. The van der Waals surface area contributed by atoms with E-state index >= 15 is 0 Å². The number of nitrogens with one attached hydrogen (secondary N) is 1. The van der Waals surface area contributed by atoms with Crippen molar-refractivity contribution in [2.24, 2.45) is 5.92 Å². The lowest BCUT2D eigenvalue weighted by atomic mass is 10.0. The molecule has 1 aromatic rings. The minimum atomic E-state index is -0.504. The number of rotatable bonds is 6. The van der Waals surface area contributed by atoms with E-state index in [1.54, 1.807) is 0 Å². The van der Waals surface area contributed by atoms with Crippen LogP contribution in [-0.4, -0.2) is 30.6 Å². The van der Waals surface area contributed by atoms with Gasteiger partial charge < -0.3 is 10.2 Å². The minimum absolute atomic E-state index is 0.00306. The molecule has 1 aliphatic rings. The average molecular weight is 296 g/mol. The molecule has 2 rings (SSSR count). The van der Waals surface area contributed by atoms with E-state index in [0.29, 0.717) is 11.6 Å². The summed E-state index contributed by atoms with van der Waals surface area (Å²) in [7, 11) is 0. The van der Waals surface area contributed by atoms with Gasteiger partial charge in [-0.1, -0.05) is 13.8 Å². The van der Waals surface area contributed by atoms with E-state index in [1.807, 2.05) is 6.92 Å². The van der Waals surface area contributed by atoms with Gasteiger partial charge in [0.25, 0.3) is 0 Å². The summed E-state index contributed by atoms with van der Waals surface area (Å²) in [6.07, 6.45) is 2.11. The van der Waals surface area contributed by atoms with Crippen molar-refractivity contribution in [3.63, 3.8) is 0 Å². The molecule has 3 unspecified atom stereocenters. The van der Waals surface area contributed by atoms with Crippen LogP contribution in [0.25, 0.3) is 0 Å². The zero-order valence-electron chi connectivity index (χ0n) is 13.2. The standard InChI is InChI=1S/C17H26F2N2/c1-4-20-17(14-8-15(18)10-16(19)9-14)5-6-21-11-12(2)7-13(21)3/h8-10,12-13,17,20H,4-7,11H2,1-3H3. The first-order valence-electron chi connectivity index (χ1n) is 7.93. The molecule has 3 atom stereocenters. The summed E-state index contributed by atoms with van der Waals surface area (Å²) in [6, 6.07) is 4.41. The smallest absolute Gasteiger partial charge is 0.126 e. The topological polar surface area (TPSA) is 15.3 Å². The summed E-state index contributed by atoms with van der Waals surface area (Å²) in [5.74, 6) is -0.267. The second kappa shape index (κ2) is 7.32. The lowest BCUT2D eigenvalue weighted by Crippen LogP contribution is -2.32. The molecule has 1 fully saturated rings. The van der Waals surface area contributed by atoms with Crippen molar-refractivity contribution in [1.82, 2.24) is 10.2 Å². The van der Waals surface area contributed by atoms with Crippen LogP contribution in [0.4, 0.5) is 8.78 Å². The van der Waals surface area contributed by atoms with Gasteiger partial charge in [0.1, 0.15) is 11.6 Å². The fourth-order valence-corrected chi connectivity index (χ4v) is 3.40. The van der Waals surface area contributed by atoms with Crippen molar-refractivity contribution in [2.75, 3.05) is 19.6 Å². The van der Waals surface area contributed by atoms with Crippen molar-refractivity contribution < 1.29 is 8.78 Å². The highest BCUT2D eigenvalue weighted by atomic mass is 19.1. The van der Waals surface area contributed by atoms with Crippen LogP contribution in [-0.2, 0) is 0 Å². The zero-order valence-corrected chi connectivity index (χ0v) is 13.2. The highest BCUT2D eigenvalue weighted by molar-refractivity contribution is 5.21. The summed E-state index contributed by atoms with van der Waals surface area (Å²) in [5, 5.41) is 3.34. The van der Waals surface area contributed by atoms with Crippen LogP contribution < -0.4 is 5.32 Å². The highest BCUT2D eigenvalue weighted by Crippen LogP contribution is 2.25. The Labute approximate surface area is 126 Å². The predicted molar refractivity (Wildman–Crippen MR) is 82.2 cm³/mol. The number of hydrogen-bond donors (Lipinski definition) is 1. The molecule has 21 heavy (non-hydrogen) atoms. The molecular weight excluding hydrogens is 270 g/mol. The Balaban J connectivity index is 2.01. The monoisotopic (exact) mass is 296 g/mol. The Morgan fingerprint density at radius 2 is 1.90 bits per heavy atom. The van der Waals surface area contributed by atoms with Crippen LogP contribution in [0.5, 0.6) is 0 Å². The van der Waals surface area contributed by atoms with Gasteiger partial charge in [-0.2, -0.15) is 0 Å². The molecule has 0 saturated carbocycles. The number of hydrogen-bond acceptors (Lipinski definition) is 2. The van der Waals surface area contributed by atoms with E-state index in [-0.39, 0.29) is 6.04 Å². The molecule has 1 N–H and O–H groups in total. The third-order valence-corrected chi connectivity index (χ3v) is 4.36. The Morgan fingerprint density at radius 1 is 1.24 bits per heavy atom. The lowest BCUT2D eigenvalue weighted by molar-refractivity contribution is 0.248. The molecule has 1 heterocycles. The number of benzene rings is 1. The third kappa shape index (κ3) is 4.48. The third-order valence-electron chi connectivity index (χ3n) is 4.36. The van der Waals surface area contributed by atoms with Gasteiger partial charge in [0.2, 0.25) is 0 Å². The van der Waals surface area contributed by atoms with Crippen molar-refractivity contribution >= 4 is 0 Å². The molecule has 1 aromatic carbocycles. The molecule has 0 aromatic heterocycles. The summed E-state index contributed by atoms with van der Waals surface area (Å²) < 4.78 is 26.8. The lowest BCUT2D eigenvalue weighted by Gasteiger charge is -2.25. The number of likely N-dealkylation sites (tertiary alicyclic amines) is 1. The van der Waals surface area contributed by atoms with Crippen LogP contribution >= 0.6 is 0 Å². The maximum atomic E-state index is 13.4. The fourth-order valence-electron chi connectivity index (χ4n) is 3.40. The van der Waals surface area contributed by atoms with Crippen molar-refractivity contribution in [3.05, 3.63) is 35.4 Å². The molecule has 0 spiro atoms. The van der Waals surface area contributed by atoms with Crippen LogP contribution in [0.2, 0.25) is 0 Å². The van der Waals surface area contributed by atoms with Gasteiger partial charge in [0.15, 0.2) is 0 Å². The van der Waals surface area contributed by atoms with Gasteiger partial charge in [-0.15, -0.1) is 0 Å². The normalized spacial score (nSPS) is 24.4. The van der Waals surface area contributed by atoms with Gasteiger partial charge in [-0.25, -0.2) is 8.78 Å². The quantitative estimate of drug-likeness (QED) is 0.860. The molecule has 0 aliphatic carbocycles. The van der Waals surface area contributed by atoms with Crippen LogP contribution in [0.1, 0.15) is 45.2 Å². The Bertz CT molecular complexity index is 444. The molecular formula is C17H26F2N2. The summed E-state index contributed by atoms with van der Waals surface area (Å²) in [4.78, 5) is 2.48. The maximum absolute atomic E-state index is 13.4. The molecule has 0 amide bonds. The molecule has 1 aliphatic heterocycles. The van der Waals surface area contributed by atoms with E-state index in [0.717, 1.165) is 38.0 Å². The van der Waals surface area contributed by atoms with Gasteiger partial charge in [0, 0.05) is 31.2 Å². The molecule has 118 valence electrons. The average Bonchev–Trinajstić information content (AvgIpc) is 2.71. The predicted octanol–water partition coefficient (Wildman–Crippen LogP) is 3.74. The summed E-state index contributed by atoms with van der Waals surface area (Å²) in [5.41, 5.74) is 0.703. The maximum Gasteiger partial charge on any atom is 0.126 e. The fraction of sp³-hybridized carbons (Fsp3) is 0.647. The summed E-state index contributed by atoms with van der Waals surface area (Å²) in [6.45, 7) is 9.42. The van der Waals surface area contributed by atoms with Crippen LogP contribution in [0, 0.1) is 17.6 Å². The second-order valence-electron chi connectivity index (χ2n) is 6.29. The van der Waals surface area contributed by atoms with E-state index in [2.05, 4.69) is 24.1 Å². The van der Waals surface area contributed by atoms with E-state index in [1.165, 1.54) is 18.6 Å². The van der Waals surface area contributed by atoms with Crippen LogP contribution in [0.15, 0.2) is 18.2 Å². The first-order valence-corrected chi connectivity index (χ1v) is 7.93. The van der Waals surface area contributed by atoms with Gasteiger partial charge >= 0.3 is 0 Å². The van der Waals surface area contributed by atoms with Crippen molar-refractivity contribution in [3.8, 4) is 0 Å². The highest BCUT2D eigenvalue weighted by Gasteiger charge is 2.26. The molecule has 4 heteroatoms.